The van der Waals surface area contributed by atoms with E-state index in [0.29, 0.717) is 12.1 Å². The number of rotatable bonds is 3. The van der Waals surface area contributed by atoms with Gasteiger partial charge in [0.1, 0.15) is 12.4 Å². The fourth-order valence-electron chi connectivity index (χ4n) is 1.48. The molecule has 0 radical (unpaired) electrons. The first-order valence-electron chi connectivity index (χ1n) is 5.54. The van der Waals surface area contributed by atoms with E-state index in [0.717, 1.165) is 13.1 Å². The molecule has 0 aliphatic carbocycles. The Morgan fingerprint density at radius 3 is 2.23 bits per heavy atom. The van der Waals surface area contributed by atoms with E-state index in [1.165, 1.54) is 0 Å². The van der Waals surface area contributed by atoms with Crippen molar-refractivity contribution in [3.8, 4) is 0 Å². The number of nitrogens with one attached hydrogen (secondary N) is 1. The van der Waals surface area contributed by atoms with Crippen LogP contribution < -0.4 is 10.2 Å². The van der Waals surface area contributed by atoms with Crippen LogP contribution in [-0.4, -0.2) is 31.3 Å². The average Bonchev–Trinajstić information content (AvgIpc) is 2.32. The Hall–Kier alpha value is -1.65. The molecule has 0 unspecified atom stereocenters. The van der Waals surface area contributed by atoms with Crippen LogP contribution in [0.25, 0.3) is 0 Å². The number of halogens is 7. The lowest BCUT2D eigenvalue weighted by molar-refractivity contribution is -0.118. The number of nitrogens with zero attached hydrogens (tertiary/aromatic N) is 1. The zero-order valence-electron chi connectivity index (χ0n) is 10.8. The van der Waals surface area contributed by atoms with E-state index in [9.17, 15) is 35.5 Å². The monoisotopic (exact) mass is 350 g/mol. The molecule has 3 nitrogen and oxygen atoms in total. The molecule has 124 valence electrons. The lowest BCUT2D eigenvalue weighted by atomic mass is 10.2. The van der Waals surface area contributed by atoms with Crippen LogP contribution in [0.2, 0.25) is 0 Å². The van der Waals surface area contributed by atoms with Gasteiger partial charge in [-0.2, -0.15) is 26.3 Å². The number of hydrogen-bond acceptors (Lipinski definition) is 2. The highest BCUT2D eigenvalue weighted by Crippen LogP contribution is 2.38. The number of anilines is 1. The third-order valence-corrected chi connectivity index (χ3v) is 2.96. The van der Waals surface area contributed by atoms with Crippen LogP contribution in [0.4, 0.5) is 41.2 Å². The highest BCUT2D eigenvalue weighted by molar-refractivity contribution is 8.00. The Labute approximate surface area is 124 Å². The molecule has 1 aromatic carbocycles. The molecule has 0 aliphatic rings. The summed E-state index contributed by atoms with van der Waals surface area (Å²) in [4.78, 5) is 10.9. The van der Waals surface area contributed by atoms with Crippen molar-refractivity contribution in [2.24, 2.45) is 0 Å². The number of carbonyl (C=O) groups is 1. The summed E-state index contributed by atoms with van der Waals surface area (Å²) in [6.07, 6.45) is -4.81. The van der Waals surface area contributed by atoms with Crippen LogP contribution in [0.5, 0.6) is 0 Å². The van der Waals surface area contributed by atoms with Crippen LogP contribution in [0, 0.1) is 5.82 Å². The molecule has 0 fully saturated rings. The molecule has 0 saturated heterocycles. The van der Waals surface area contributed by atoms with E-state index >= 15 is 0 Å². The van der Waals surface area contributed by atoms with Crippen molar-refractivity contribution in [1.29, 1.82) is 0 Å². The van der Waals surface area contributed by atoms with Crippen LogP contribution in [0.1, 0.15) is 0 Å². The Bertz CT molecular complexity index is 544. The van der Waals surface area contributed by atoms with Crippen LogP contribution >= 0.6 is 11.8 Å². The second-order valence-corrected chi connectivity index (χ2v) is 5.06. The molecule has 1 N–H and O–H groups in total. The number of thioether (sulfide) groups is 1. The van der Waals surface area contributed by atoms with Gasteiger partial charge in [-0.25, -0.2) is 9.18 Å². The van der Waals surface area contributed by atoms with Gasteiger partial charge in [-0.3, -0.25) is 4.90 Å². The second kappa shape index (κ2) is 6.63. The third kappa shape index (κ3) is 5.62. The Kier molecular flexibility index (Phi) is 5.54. The van der Waals surface area contributed by atoms with Crippen LogP contribution in [0.3, 0.4) is 0 Å². The first-order valence-corrected chi connectivity index (χ1v) is 6.36. The molecule has 0 atom stereocenters. The van der Waals surface area contributed by atoms with E-state index in [4.69, 9.17) is 0 Å². The van der Waals surface area contributed by atoms with Gasteiger partial charge in [-0.1, -0.05) is 0 Å². The van der Waals surface area contributed by atoms with Gasteiger partial charge >= 0.3 is 17.7 Å². The molecular weight excluding hydrogens is 341 g/mol. The first-order chi connectivity index (χ1) is 9.93. The average molecular weight is 350 g/mol. The molecule has 1 rings (SSSR count). The SMILES string of the molecule is CNC(=O)N(CC(F)(F)F)c1ccc(SC(F)(F)F)cc1F. The maximum Gasteiger partial charge on any atom is 0.446 e. The highest BCUT2D eigenvalue weighted by atomic mass is 32.2. The van der Waals surface area contributed by atoms with Crippen molar-refractivity contribution in [3.63, 3.8) is 0 Å². The van der Waals surface area contributed by atoms with Gasteiger partial charge in [-0.15, -0.1) is 0 Å². The molecule has 22 heavy (non-hydrogen) atoms. The fourth-order valence-corrected chi connectivity index (χ4v) is 2.05. The Balaban J connectivity index is 3.13. The summed E-state index contributed by atoms with van der Waals surface area (Å²) in [5, 5.41) is 1.90. The molecule has 11 heteroatoms. The molecular formula is C11H9F7N2OS. The van der Waals surface area contributed by atoms with E-state index in [1.54, 1.807) is 0 Å². The summed E-state index contributed by atoms with van der Waals surface area (Å²) in [7, 11) is 1.04. The molecule has 0 bridgehead atoms. The zero-order valence-corrected chi connectivity index (χ0v) is 11.7. The predicted molar refractivity (Wildman–Crippen MR) is 66.2 cm³/mol. The normalized spacial score (nSPS) is 12.2. The quantitative estimate of drug-likeness (QED) is 0.656. The topological polar surface area (TPSA) is 32.3 Å². The highest BCUT2D eigenvalue weighted by Gasteiger charge is 2.35. The number of urea groups is 1. The maximum absolute atomic E-state index is 13.8. The summed E-state index contributed by atoms with van der Waals surface area (Å²) in [5.74, 6) is -1.37. The lowest BCUT2D eigenvalue weighted by Crippen LogP contribution is -2.44. The minimum absolute atomic E-state index is 0.0529. The van der Waals surface area contributed by atoms with Gasteiger partial charge in [0, 0.05) is 11.9 Å². The molecule has 0 heterocycles. The largest absolute Gasteiger partial charge is 0.446 e. The summed E-state index contributed by atoms with van der Waals surface area (Å²) >= 11 is -0.619. The van der Waals surface area contributed by atoms with Gasteiger partial charge in [-0.05, 0) is 30.0 Å². The lowest BCUT2D eigenvalue weighted by Gasteiger charge is -2.24. The first kappa shape index (κ1) is 18.4. The molecule has 2 amide bonds. The van der Waals surface area contributed by atoms with Gasteiger partial charge in [0.2, 0.25) is 0 Å². The van der Waals surface area contributed by atoms with Gasteiger partial charge < -0.3 is 5.32 Å². The van der Waals surface area contributed by atoms with E-state index in [1.807, 2.05) is 5.32 Å². The molecule has 0 saturated carbocycles. The van der Waals surface area contributed by atoms with Crippen molar-refractivity contribution in [1.82, 2.24) is 5.32 Å². The van der Waals surface area contributed by atoms with Crippen molar-refractivity contribution < 1.29 is 35.5 Å². The zero-order chi connectivity index (χ0) is 17.1. The van der Waals surface area contributed by atoms with E-state index < -0.39 is 52.4 Å². The van der Waals surface area contributed by atoms with Crippen molar-refractivity contribution >= 4 is 23.5 Å². The second-order valence-electron chi connectivity index (χ2n) is 3.92. The maximum atomic E-state index is 13.8. The van der Waals surface area contributed by atoms with Gasteiger partial charge in [0.25, 0.3) is 0 Å². The van der Waals surface area contributed by atoms with Gasteiger partial charge in [0.05, 0.1) is 5.69 Å². The number of alkyl halides is 6. The number of amides is 2. The Morgan fingerprint density at radius 1 is 1.23 bits per heavy atom. The molecule has 1 aromatic rings. The van der Waals surface area contributed by atoms with Crippen molar-refractivity contribution in [2.45, 2.75) is 16.6 Å². The standard InChI is InChI=1S/C11H9F7N2OS/c1-19-9(21)20(5-10(13,14)15)8-3-2-6(4-7(8)12)22-11(16,17)18/h2-4H,5H2,1H3,(H,19,21). The van der Waals surface area contributed by atoms with E-state index in [2.05, 4.69) is 0 Å². The molecule has 0 aromatic heterocycles. The smallest absolute Gasteiger partial charge is 0.341 e. The van der Waals surface area contributed by atoms with Crippen LogP contribution in [-0.2, 0) is 0 Å². The summed E-state index contributed by atoms with van der Waals surface area (Å²) in [6, 6.07) is 0.639. The third-order valence-electron chi connectivity index (χ3n) is 2.24. The minimum Gasteiger partial charge on any atom is -0.341 e. The van der Waals surface area contributed by atoms with Crippen molar-refractivity contribution in [3.05, 3.63) is 24.0 Å². The predicted octanol–water partition coefficient (Wildman–Crippen LogP) is 4.15. The van der Waals surface area contributed by atoms with Crippen LogP contribution in [0.15, 0.2) is 23.1 Å². The van der Waals surface area contributed by atoms with Gasteiger partial charge in [0.15, 0.2) is 0 Å². The fraction of sp³-hybridized carbons (Fsp3) is 0.364. The summed E-state index contributed by atoms with van der Waals surface area (Å²) < 4.78 is 87.5. The number of carbonyl (C=O) groups excluding carboxylic acids is 1. The summed E-state index contributed by atoms with van der Waals surface area (Å²) in [5.41, 5.74) is -5.44. The Morgan fingerprint density at radius 2 is 1.82 bits per heavy atom. The number of benzene rings is 1. The molecule has 0 aliphatic heterocycles. The van der Waals surface area contributed by atoms with E-state index in [-0.39, 0.29) is 4.90 Å². The van der Waals surface area contributed by atoms with Crippen molar-refractivity contribution in [2.75, 3.05) is 18.5 Å². The minimum atomic E-state index is -4.81. The molecule has 0 spiro atoms. The number of hydrogen-bond donors (Lipinski definition) is 1. The summed E-state index contributed by atoms with van der Waals surface area (Å²) in [6.45, 7) is -1.78.